The van der Waals surface area contributed by atoms with Crippen LogP contribution in [0.25, 0.3) is 11.0 Å². The van der Waals surface area contributed by atoms with Crippen molar-refractivity contribution in [2.75, 3.05) is 4.72 Å². The topological polar surface area (TPSA) is 95.7 Å². The van der Waals surface area contributed by atoms with E-state index >= 15 is 0 Å². The molecule has 0 aliphatic rings. The monoisotopic (exact) mass is 302 g/mol. The van der Waals surface area contributed by atoms with Crippen LogP contribution in [0.3, 0.4) is 0 Å². The van der Waals surface area contributed by atoms with Crippen molar-refractivity contribution in [3.05, 3.63) is 17.2 Å². The largest absolute Gasteiger partial charge is 0.279 e. The quantitative estimate of drug-likeness (QED) is 0.935. The van der Waals surface area contributed by atoms with Gasteiger partial charge in [-0.2, -0.15) is 14.0 Å². The number of nitriles is 1. The van der Waals surface area contributed by atoms with E-state index in [0.29, 0.717) is 11.0 Å². The average molecular weight is 303 g/mol. The van der Waals surface area contributed by atoms with Gasteiger partial charge in [0.05, 0.1) is 28.5 Å². The highest BCUT2D eigenvalue weighted by atomic mass is 35.5. The second-order valence-electron chi connectivity index (χ2n) is 3.47. The van der Waals surface area contributed by atoms with E-state index in [1.807, 2.05) is 0 Å². The number of anilines is 1. The summed E-state index contributed by atoms with van der Waals surface area (Å²) < 4.78 is 33.9. The first-order chi connectivity index (χ1) is 8.45. The molecule has 0 saturated heterocycles. The molecule has 1 N–H and O–H groups in total. The Hall–Kier alpha value is -1.43. The van der Waals surface area contributed by atoms with Gasteiger partial charge in [0.15, 0.2) is 5.25 Å². The zero-order valence-electron chi connectivity index (χ0n) is 9.08. The molecule has 94 valence electrons. The van der Waals surface area contributed by atoms with E-state index in [1.54, 1.807) is 12.1 Å². The van der Waals surface area contributed by atoms with Crippen LogP contribution in [0.1, 0.15) is 6.92 Å². The summed E-state index contributed by atoms with van der Waals surface area (Å²) >= 11 is 6.90. The maximum Gasteiger partial charge on any atom is 0.248 e. The first-order valence-corrected chi connectivity index (χ1v) is 7.43. The summed E-state index contributed by atoms with van der Waals surface area (Å²) in [5, 5.41) is 7.69. The van der Waals surface area contributed by atoms with E-state index in [0.717, 1.165) is 11.7 Å². The van der Waals surface area contributed by atoms with Crippen molar-refractivity contribution in [3.63, 3.8) is 0 Å². The molecule has 0 bridgehead atoms. The van der Waals surface area contributed by atoms with Crippen LogP contribution in [0.15, 0.2) is 12.1 Å². The number of hydrogen-bond acceptors (Lipinski definition) is 6. The van der Waals surface area contributed by atoms with E-state index in [1.165, 1.54) is 13.0 Å². The molecule has 1 atom stereocenters. The number of aromatic nitrogens is 2. The van der Waals surface area contributed by atoms with Gasteiger partial charge in [0.25, 0.3) is 0 Å². The van der Waals surface area contributed by atoms with Crippen LogP contribution in [0.4, 0.5) is 5.69 Å². The molecule has 1 aromatic heterocycles. The first kappa shape index (κ1) is 13.0. The Morgan fingerprint density at radius 1 is 1.50 bits per heavy atom. The summed E-state index contributed by atoms with van der Waals surface area (Å²) in [6.45, 7) is 1.29. The van der Waals surface area contributed by atoms with Crippen molar-refractivity contribution in [1.29, 1.82) is 5.26 Å². The molecule has 1 unspecified atom stereocenters. The Balaban J connectivity index is 2.53. The lowest BCUT2D eigenvalue weighted by atomic mass is 10.3. The molecule has 0 fully saturated rings. The maximum absolute atomic E-state index is 11.8. The summed E-state index contributed by atoms with van der Waals surface area (Å²) in [6.07, 6.45) is 0. The predicted molar refractivity (Wildman–Crippen MR) is 70.0 cm³/mol. The summed E-state index contributed by atoms with van der Waals surface area (Å²) in [6, 6.07) is 4.83. The first-order valence-electron chi connectivity index (χ1n) is 4.77. The Morgan fingerprint density at radius 3 is 2.89 bits per heavy atom. The van der Waals surface area contributed by atoms with Crippen LogP contribution in [0, 0.1) is 11.3 Å². The van der Waals surface area contributed by atoms with Gasteiger partial charge >= 0.3 is 0 Å². The minimum atomic E-state index is -3.81. The second-order valence-corrected chi connectivity index (χ2v) is 6.41. The van der Waals surface area contributed by atoms with Gasteiger partial charge in [-0.15, -0.1) is 0 Å². The number of fused-ring (bicyclic) bond motifs is 1. The van der Waals surface area contributed by atoms with Gasteiger partial charge in [0.1, 0.15) is 11.0 Å². The molecule has 0 aliphatic heterocycles. The smallest absolute Gasteiger partial charge is 0.248 e. The van der Waals surface area contributed by atoms with Crippen LogP contribution >= 0.6 is 23.3 Å². The molecule has 18 heavy (non-hydrogen) atoms. The van der Waals surface area contributed by atoms with Crippen LogP contribution < -0.4 is 4.72 Å². The van der Waals surface area contributed by atoms with Crippen molar-refractivity contribution in [1.82, 2.24) is 8.75 Å². The zero-order valence-corrected chi connectivity index (χ0v) is 11.5. The Bertz CT molecular complexity index is 735. The number of benzene rings is 1. The molecule has 6 nitrogen and oxygen atoms in total. The van der Waals surface area contributed by atoms with Gasteiger partial charge in [0.2, 0.25) is 10.0 Å². The SMILES string of the molecule is CC(C#N)S(=O)(=O)Nc1c(Cl)ccc2nsnc12. The third kappa shape index (κ3) is 2.25. The van der Waals surface area contributed by atoms with Crippen LogP contribution in [-0.2, 0) is 10.0 Å². The van der Waals surface area contributed by atoms with Crippen molar-refractivity contribution in [2.24, 2.45) is 0 Å². The van der Waals surface area contributed by atoms with Crippen molar-refractivity contribution in [3.8, 4) is 6.07 Å². The molecule has 0 saturated carbocycles. The molecule has 2 aromatic rings. The molecule has 9 heteroatoms. The van der Waals surface area contributed by atoms with Gasteiger partial charge in [0, 0.05) is 0 Å². The predicted octanol–water partition coefficient (Wildman–Crippen LogP) is 2.00. The van der Waals surface area contributed by atoms with Crippen molar-refractivity contribution < 1.29 is 8.42 Å². The number of rotatable bonds is 3. The number of halogens is 1. The Labute approximate surface area is 113 Å². The molecule has 0 radical (unpaired) electrons. The van der Waals surface area contributed by atoms with E-state index in [2.05, 4.69) is 13.5 Å². The fourth-order valence-electron chi connectivity index (χ4n) is 1.22. The Morgan fingerprint density at radius 2 is 2.22 bits per heavy atom. The van der Waals surface area contributed by atoms with E-state index in [-0.39, 0.29) is 10.7 Å². The number of hydrogen-bond donors (Lipinski definition) is 1. The summed E-state index contributed by atoms with van der Waals surface area (Å²) in [5.74, 6) is 0. The molecule has 0 aliphatic carbocycles. The van der Waals surface area contributed by atoms with Gasteiger partial charge in [-0.3, -0.25) is 4.72 Å². The van der Waals surface area contributed by atoms with Crippen LogP contribution in [0.5, 0.6) is 0 Å². The lowest BCUT2D eigenvalue weighted by Crippen LogP contribution is -2.24. The minimum Gasteiger partial charge on any atom is -0.279 e. The molecule has 2 rings (SSSR count). The van der Waals surface area contributed by atoms with Crippen LogP contribution in [-0.4, -0.2) is 22.4 Å². The van der Waals surface area contributed by atoms with Crippen LogP contribution in [0.2, 0.25) is 5.02 Å². The zero-order chi connectivity index (χ0) is 13.3. The molecule has 0 amide bonds. The van der Waals surface area contributed by atoms with E-state index in [4.69, 9.17) is 16.9 Å². The summed E-state index contributed by atoms with van der Waals surface area (Å²) in [7, 11) is -3.81. The summed E-state index contributed by atoms with van der Waals surface area (Å²) in [5.41, 5.74) is 1.08. The lowest BCUT2D eigenvalue weighted by Gasteiger charge is -2.10. The maximum atomic E-state index is 11.8. The van der Waals surface area contributed by atoms with Gasteiger partial charge in [-0.1, -0.05) is 11.6 Å². The number of nitrogens with one attached hydrogen (secondary N) is 1. The number of nitrogens with zero attached hydrogens (tertiary/aromatic N) is 3. The third-order valence-electron chi connectivity index (χ3n) is 2.27. The molecule has 1 heterocycles. The van der Waals surface area contributed by atoms with Gasteiger partial charge < -0.3 is 0 Å². The Kier molecular flexibility index (Phi) is 3.38. The van der Waals surface area contributed by atoms with E-state index < -0.39 is 15.3 Å². The standard InChI is InChI=1S/C9H7ClN4O2S2/c1-5(4-11)18(15,16)14-8-6(10)2-3-7-9(8)13-17-12-7/h2-3,5,14H,1H3. The molecular formula is C9H7ClN4O2S2. The average Bonchev–Trinajstić information content (AvgIpc) is 2.80. The fourth-order valence-corrected chi connectivity index (χ4v) is 2.83. The highest BCUT2D eigenvalue weighted by molar-refractivity contribution is 7.93. The van der Waals surface area contributed by atoms with Crippen molar-refractivity contribution in [2.45, 2.75) is 12.2 Å². The minimum absolute atomic E-state index is 0.157. The third-order valence-corrected chi connectivity index (χ3v) is 4.65. The number of sulfonamides is 1. The highest BCUT2D eigenvalue weighted by Gasteiger charge is 2.23. The van der Waals surface area contributed by atoms with Gasteiger partial charge in [-0.25, -0.2) is 8.42 Å². The fraction of sp³-hybridized carbons (Fsp3) is 0.222. The van der Waals surface area contributed by atoms with E-state index in [9.17, 15) is 8.42 Å². The second kappa shape index (κ2) is 4.68. The lowest BCUT2D eigenvalue weighted by molar-refractivity contribution is 0.597. The summed E-state index contributed by atoms with van der Waals surface area (Å²) in [4.78, 5) is 0. The highest BCUT2D eigenvalue weighted by Crippen LogP contribution is 2.31. The van der Waals surface area contributed by atoms with Crippen molar-refractivity contribution >= 4 is 50.1 Å². The normalized spacial score (nSPS) is 13.2. The van der Waals surface area contributed by atoms with Gasteiger partial charge in [-0.05, 0) is 19.1 Å². The molecule has 1 aromatic carbocycles. The molecular weight excluding hydrogens is 296 g/mol. The molecule has 0 spiro atoms.